The van der Waals surface area contributed by atoms with Crippen molar-refractivity contribution in [3.05, 3.63) is 34.6 Å². The Labute approximate surface area is 80.7 Å². The van der Waals surface area contributed by atoms with Gasteiger partial charge in [0.05, 0.1) is 6.42 Å². The lowest BCUT2D eigenvalue weighted by atomic mass is 10.1. The van der Waals surface area contributed by atoms with E-state index in [-0.39, 0.29) is 17.4 Å². The highest BCUT2D eigenvalue weighted by Gasteiger charge is 2.05. The van der Waals surface area contributed by atoms with Gasteiger partial charge in [-0.3, -0.25) is 4.79 Å². The van der Waals surface area contributed by atoms with Crippen molar-refractivity contribution in [2.75, 3.05) is 7.05 Å². The van der Waals surface area contributed by atoms with E-state index in [0.29, 0.717) is 5.56 Å². The molecule has 0 bridgehead atoms. The van der Waals surface area contributed by atoms with E-state index in [4.69, 9.17) is 11.6 Å². The molecule has 0 aliphatic heterocycles. The Morgan fingerprint density at radius 2 is 2.31 bits per heavy atom. The number of amides is 1. The fourth-order valence-corrected chi connectivity index (χ4v) is 1.16. The second-order valence-electron chi connectivity index (χ2n) is 2.59. The summed E-state index contributed by atoms with van der Waals surface area (Å²) in [5, 5.41) is 2.75. The highest BCUT2D eigenvalue weighted by molar-refractivity contribution is 6.31. The summed E-state index contributed by atoms with van der Waals surface area (Å²) in [5.74, 6) is -0.542. The fourth-order valence-electron chi connectivity index (χ4n) is 0.926. The molecular formula is C9H9ClFNO. The van der Waals surface area contributed by atoms with Crippen molar-refractivity contribution in [2.45, 2.75) is 6.42 Å². The van der Waals surface area contributed by atoms with Gasteiger partial charge in [0.2, 0.25) is 5.91 Å². The predicted molar refractivity (Wildman–Crippen MR) is 49.2 cm³/mol. The van der Waals surface area contributed by atoms with Crippen LogP contribution in [-0.2, 0) is 11.2 Å². The number of nitrogens with one attached hydrogen (secondary N) is 1. The molecule has 1 aromatic carbocycles. The average Bonchev–Trinajstić information content (AvgIpc) is 2.09. The molecule has 0 aromatic heterocycles. The minimum absolute atomic E-state index is 0.145. The van der Waals surface area contributed by atoms with Gasteiger partial charge in [-0.05, 0) is 17.7 Å². The lowest BCUT2D eigenvalue weighted by Gasteiger charge is -2.02. The smallest absolute Gasteiger partial charge is 0.224 e. The monoisotopic (exact) mass is 201 g/mol. The molecular weight excluding hydrogens is 193 g/mol. The van der Waals surface area contributed by atoms with Crippen LogP contribution in [0, 0.1) is 5.82 Å². The molecule has 1 rings (SSSR count). The third-order valence-electron chi connectivity index (χ3n) is 1.64. The molecule has 4 heteroatoms. The van der Waals surface area contributed by atoms with Crippen LogP contribution < -0.4 is 5.32 Å². The molecule has 0 atom stereocenters. The van der Waals surface area contributed by atoms with Crippen LogP contribution >= 0.6 is 11.6 Å². The van der Waals surface area contributed by atoms with Crippen molar-refractivity contribution < 1.29 is 9.18 Å². The fraction of sp³-hybridized carbons (Fsp3) is 0.222. The Balaban J connectivity index is 2.83. The van der Waals surface area contributed by atoms with Gasteiger partial charge in [-0.15, -0.1) is 0 Å². The number of halogens is 2. The summed E-state index contributed by atoms with van der Waals surface area (Å²) in [6.45, 7) is 0. The molecule has 0 spiro atoms. The van der Waals surface area contributed by atoms with Gasteiger partial charge in [0.25, 0.3) is 0 Å². The van der Waals surface area contributed by atoms with E-state index < -0.39 is 5.82 Å². The molecule has 2 nitrogen and oxygen atoms in total. The van der Waals surface area contributed by atoms with Crippen LogP contribution in [0.2, 0.25) is 5.02 Å². The van der Waals surface area contributed by atoms with Gasteiger partial charge >= 0.3 is 0 Å². The highest BCUT2D eigenvalue weighted by Crippen LogP contribution is 2.17. The van der Waals surface area contributed by atoms with Crippen molar-refractivity contribution in [1.29, 1.82) is 0 Å². The summed E-state index contributed by atoms with van der Waals surface area (Å²) >= 11 is 5.71. The summed E-state index contributed by atoms with van der Waals surface area (Å²) in [4.78, 5) is 11.0. The summed E-state index contributed by atoms with van der Waals surface area (Å²) in [6.07, 6.45) is 0.176. The Morgan fingerprint density at radius 1 is 1.62 bits per heavy atom. The molecule has 0 heterocycles. The zero-order valence-corrected chi connectivity index (χ0v) is 7.86. The molecule has 0 radical (unpaired) electrons. The number of carbonyl (C=O) groups excluding carboxylic acids is 1. The van der Waals surface area contributed by atoms with Crippen molar-refractivity contribution in [1.82, 2.24) is 5.32 Å². The lowest BCUT2D eigenvalue weighted by Crippen LogP contribution is -2.20. The van der Waals surface area contributed by atoms with Gasteiger partial charge in [0.15, 0.2) is 0 Å². The Kier molecular flexibility index (Phi) is 3.25. The van der Waals surface area contributed by atoms with Gasteiger partial charge in [-0.1, -0.05) is 17.7 Å². The predicted octanol–water partition coefficient (Wildman–Crippen LogP) is 1.77. The Morgan fingerprint density at radius 3 is 2.85 bits per heavy atom. The molecule has 0 fully saturated rings. The first-order valence-electron chi connectivity index (χ1n) is 3.78. The van der Waals surface area contributed by atoms with Crippen LogP contribution in [-0.4, -0.2) is 13.0 Å². The lowest BCUT2D eigenvalue weighted by molar-refractivity contribution is -0.119. The minimum Gasteiger partial charge on any atom is -0.359 e. The number of hydrogen-bond acceptors (Lipinski definition) is 1. The standard InChI is InChI=1S/C9H9ClFNO/c1-12-9(13)4-6-2-3-7(11)5-8(6)10/h2-3,5H,4H2,1H3,(H,12,13). The summed E-state index contributed by atoms with van der Waals surface area (Å²) in [6, 6.07) is 3.98. The first-order chi connectivity index (χ1) is 6.13. The molecule has 0 unspecified atom stereocenters. The summed E-state index contributed by atoms with van der Waals surface area (Å²) < 4.78 is 12.6. The zero-order chi connectivity index (χ0) is 9.84. The SMILES string of the molecule is CNC(=O)Cc1ccc(F)cc1Cl. The van der Waals surface area contributed by atoms with Crippen molar-refractivity contribution in [3.63, 3.8) is 0 Å². The van der Waals surface area contributed by atoms with E-state index in [9.17, 15) is 9.18 Å². The molecule has 1 N–H and O–H groups in total. The summed E-state index contributed by atoms with van der Waals surface area (Å²) in [7, 11) is 1.54. The van der Waals surface area contributed by atoms with Crippen molar-refractivity contribution >= 4 is 17.5 Å². The van der Waals surface area contributed by atoms with Crippen LogP contribution in [0.25, 0.3) is 0 Å². The largest absolute Gasteiger partial charge is 0.359 e. The van der Waals surface area contributed by atoms with Crippen molar-refractivity contribution in [2.24, 2.45) is 0 Å². The van der Waals surface area contributed by atoms with Crippen LogP contribution in [0.1, 0.15) is 5.56 Å². The third kappa shape index (κ3) is 2.70. The number of hydrogen-bond donors (Lipinski definition) is 1. The normalized spacial score (nSPS) is 9.77. The van der Waals surface area contributed by atoms with E-state index in [1.807, 2.05) is 0 Å². The van der Waals surface area contributed by atoms with E-state index in [1.54, 1.807) is 7.05 Å². The molecule has 1 amide bonds. The summed E-state index contributed by atoms with van der Waals surface area (Å²) in [5.41, 5.74) is 0.627. The third-order valence-corrected chi connectivity index (χ3v) is 2.00. The van der Waals surface area contributed by atoms with Gasteiger partial charge in [0, 0.05) is 12.1 Å². The van der Waals surface area contributed by atoms with Crippen LogP contribution in [0.15, 0.2) is 18.2 Å². The van der Waals surface area contributed by atoms with Crippen LogP contribution in [0.5, 0.6) is 0 Å². The molecule has 0 saturated heterocycles. The van der Waals surface area contributed by atoms with E-state index in [2.05, 4.69) is 5.32 Å². The second kappa shape index (κ2) is 4.23. The van der Waals surface area contributed by atoms with Gasteiger partial charge in [-0.25, -0.2) is 4.39 Å². The molecule has 13 heavy (non-hydrogen) atoms. The molecule has 0 aliphatic carbocycles. The van der Waals surface area contributed by atoms with E-state index in [0.717, 1.165) is 0 Å². The second-order valence-corrected chi connectivity index (χ2v) is 2.99. The van der Waals surface area contributed by atoms with E-state index >= 15 is 0 Å². The first kappa shape index (κ1) is 9.99. The number of likely N-dealkylation sites (N-methyl/N-ethyl adjacent to an activating group) is 1. The average molecular weight is 202 g/mol. The first-order valence-corrected chi connectivity index (χ1v) is 4.16. The Hall–Kier alpha value is -1.09. The molecule has 70 valence electrons. The van der Waals surface area contributed by atoms with Gasteiger partial charge in [-0.2, -0.15) is 0 Å². The molecule has 0 saturated carbocycles. The van der Waals surface area contributed by atoms with Gasteiger partial charge < -0.3 is 5.32 Å². The quantitative estimate of drug-likeness (QED) is 0.777. The van der Waals surface area contributed by atoms with Gasteiger partial charge in [0.1, 0.15) is 5.82 Å². The van der Waals surface area contributed by atoms with Crippen LogP contribution in [0.4, 0.5) is 4.39 Å². The minimum atomic E-state index is -0.398. The zero-order valence-electron chi connectivity index (χ0n) is 7.10. The van der Waals surface area contributed by atoms with Crippen molar-refractivity contribution in [3.8, 4) is 0 Å². The maximum atomic E-state index is 12.6. The highest BCUT2D eigenvalue weighted by atomic mass is 35.5. The van der Waals surface area contributed by atoms with Crippen LogP contribution in [0.3, 0.4) is 0 Å². The Bertz CT molecular complexity index is 327. The maximum absolute atomic E-state index is 12.6. The number of benzene rings is 1. The topological polar surface area (TPSA) is 29.1 Å². The number of carbonyl (C=O) groups is 1. The number of rotatable bonds is 2. The molecule has 1 aromatic rings. The maximum Gasteiger partial charge on any atom is 0.224 e. The van der Waals surface area contributed by atoms with E-state index in [1.165, 1.54) is 18.2 Å². The molecule has 0 aliphatic rings.